The maximum atomic E-state index is 10.3. The topological polar surface area (TPSA) is 46.5 Å². The summed E-state index contributed by atoms with van der Waals surface area (Å²) < 4.78 is 4.37. The summed E-state index contributed by atoms with van der Waals surface area (Å²) in [5.74, 6) is -0.532. The van der Waals surface area contributed by atoms with Gasteiger partial charge in [0.25, 0.3) is 0 Å². The number of aliphatic hydroxyl groups excluding tert-OH is 1. The first-order valence-corrected chi connectivity index (χ1v) is 2.91. The van der Waals surface area contributed by atoms with Gasteiger partial charge in [0, 0.05) is 12.5 Å². The van der Waals surface area contributed by atoms with Crippen molar-refractivity contribution in [2.24, 2.45) is 0 Å². The third kappa shape index (κ3) is 3.72. The van der Waals surface area contributed by atoms with Crippen LogP contribution in [0.3, 0.4) is 0 Å². The van der Waals surface area contributed by atoms with Gasteiger partial charge in [-0.3, -0.25) is 0 Å². The number of carbonyl (C=O) groups is 1. The summed E-state index contributed by atoms with van der Waals surface area (Å²) in [6.45, 7) is 4.92. The van der Waals surface area contributed by atoms with Gasteiger partial charge in [0.05, 0.1) is 0 Å². The summed E-state index contributed by atoms with van der Waals surface area (Å²) in [6, 6.07) is 0. The fourth-order valence-corrected chi connectivity index (χ4v) is 0.258. The van der Waals surface area contributed by atoms with E-state index >= 15 is 0 Å². The Morgan fingerprint density at radius 3 is 2.80 bits per heavy atom. The monoisotopic (exact) mass is 142 g/mol. The molecule has 1 N–H and O–H groups in total. The van der Waals surface area contributed by atoms with Gasteiger partial charge in [0.1, 0.15) is 12.0 Å². The Balaban J connectivity index is 3.71. The van der Waals surface area contributed by atoms with Crippen molar-refractivity contribution in [3.8, 4) is 0 Å². The van der Waals surface area contributed by atoms with Crippen molar-refractivity contribution in [3.05, 3.63) is 24.7 Å². The zero-order valence-corrected chi connectivity index (χ0v) is 5.83. The van der Waals surface area contributed by atoms with E-state index < -0.39 is 5.97 Å². The number of hydrogen-bond donors (Lipinski definition) is 1. The molecule has 0 aliphatic carbocycles. The number of hydrogen-bond acceptors (Lipinski definition) is 3. The van der Waals surface area contributed by atoms with Gasteiger partial charge in [-0.15, -0.1) is 0 Å². The molecule has 0 aromatic rings. The van der Waals surface area contributed by atoms with Crippen LogP contribution in [0.5, 0.6) is 0 Å². The van der Waals surface area contributed by atoms with E-state index in [4.69, 9.17) is 5.11 Å². The lowest BCUT2D eigenvalue weighted by molar-refractivity contribution is -0.132. The van der Waals surface area contributed by atoms with E-state index in [9.17, 15) is 4.79 Å². The van der Waals surface area contributed by atoms with Crippen molar-refractivity contribution in [1.82, 2.24) is 0 Å². The summed E-state index contributed by atoms with van der Waals surface area (Å²) in [4.78, 5) is 10.3. The molecule has 0 atom stereocenters. The minimum atomic E-state index is -0.569. The van der Waals surface area contributed by atoms with E-state index in [1.165, 1.54) is 0 Å². The largest absolute Gasteiger partial charge is 0.509 e. The minimum Gasteiger partial charge on any atom is -0.509 e. The summed E-state index contributed by atoms with van der Waals surface area (Å²) in [5.41, 5.74) is 0. The third-order valence-electron chi connectivity index (χ3n) is 0.840. The molecule has 0 aliphatic heterocycles. The van der Waals surface area contributed by atoms with Crippen LogP contribution >= 0.6 is 0 Å². The van der Waals surface area contributed by atoms with Crippen LogP contribution in [-0.4, -0.2) is 11.1 Å². The van der Waals surface area contributed by atoms with E-state index in [0.29, 0.717) is 6.42 Å². The molecule has 0 rings (SSSR count). The molecule has 0 aromatic carbocycles. The lowest BCUT2D eigenvalue weighted by atomic mass is 10.4. The Bertz CT molecular complexity index is 158. The minimum absolute atomic E-state index is 0.0372. The highest BCUT2D eigenvalue weighted by molar-refractivity contribution is 5.81. The molecule has 0 heterocycles. The highest BCUT2D eigenvalue weighted by atomic mass is 16.5. The van der Waals surface area contributed by atoms with Gasteiger partial charge in [0.15, 0.2) is 0 Å². The molecule has 0 spiro atoms. The van der Waals surface area contributed by atoms with Crippen LogP contribution in [0.1, 0.15) is 13.3 Å². The lowest BCUT2D eigenvalue weighted by Gasteiger charge is -1.93. The fourth-order valence-electron chi connectivity index (χ4n) is 0.258. The lowest BCUT2D eigenvalue weighted by Crippen LogP contribution is -1.93. The molecule has 3 nitrogen and oxygen atoms in total. The van der Waals surface area contributed by atoms with Crippen molar-refractivity contribution in [2.45, 2.75) is 13.3 Å². The van der Waals surface area contributed by atoms with Crippen molar-refractivity contribution in [1.29, 1.82) is 0 Å². The smallest absolute Gasteiger partial charge is 0.335 e. The number of aliphatic hydroxyl groups is 1. The van der Waals surface area contributed by atoms with Gasteiger partial charge in [-0.1, -0.05) is 13.5 Å². The molecule has 0 bridgehead atoms. The van der Waals surface area contributed by atoms with Crippen LogP contribution in [0.15, 0.2) is 24.7 Å². The normalized spacial score (nSPS) is 10.7. The second-order valence-electron chi connectivity index (χ2n) is 1.60. The van der Waals surface area contributed by atoms with Crippen molar-refractivity contribution in [2.75, 3.05) is 0 Å². The van der Waals surface area contributed by atoms with Gasteiger partial charge in [-0.25, -0.2) is 4.79 Å². The maximum Gasteiger partial charge on any atom is 0.335 e. The molecule has 0 saturated carbocycles. The molecule has 10 heavy (non-hydrogen) atoms. The predicted molar refractivity (Wildman–Crippen MR) is 37.3 cm³/mol. The van der Waals surface area contributed by atoms with Crippen molar-refractivity contribution in [3.63, 3.8) is 0 Å². The first-order valence-electron chi connectivity index (χ1n) is 2.91. The van der Waals surface area contributed by atoms with Gasteiger partial charge in [-0.05, 0) is 0 Å². The Kier molecular flexibility index (Phi) is 4.04. The number of esters is 1. The Morgan fingerprint density at radius 1 is 1.80 bits per heavy atom. The Morgan fingerprint density at radius 2 is 2.40 bits per heavy atom. The molecule has 56 valence electrons. The molecule has 0 aliphatic rings. The first kappa shape index (κ1) is 8.75. The van der Waals surface area contributed by atoms with Crippen LogP contribution in [-0.2, 0) is 9.53 Å². The average Bonchev–Trinajstić information content (AvgIpc) is 1.99. The first-order chi connectivity index (χ1) is 4.70. The van der Waals surface area contributed by atoms with E-state index in [-0.39, 0.29) is 5.76 Å². The van der Waals surface area contributed by atoms with Crippen LogP contribution < -0.4 is 0 Å². The second kappa shape index (κ2) is 4.61. The summed E-state index contributed by atoms with van der Waals surface area (Å²) in [6.07, 6.45) is 2.48. The van der Waals surface area contributed by atoms with Crippen LogP contribution in [0, 0.1) is 0 Å². The molecular weight excluding hydrogens is 132 g/mol. The van der Waals surface area contributed by atoms with Crippen LogP contribution in [0.25, 0.3) is 0 Å². The zero-order valence-electron chi connectivity index (χ0n) is 5.83. The molecular formula is C7H10O3. The SMILES string of the molecule is C=CC(=O)OC=C(O)CC. The number of rotatable bonds is 3. The highest BCUT2D eigenvalue weighted by Crippen LogP contribution is 1.94. The highest BCUT2D eigenvalue weighted by Gasteiger charge is 1.92. The van der Waals surface area contributed by atoms with Crippen LogP contribution in [0.4, 0.5) is 0 Å². The van der Waals surface area contributed by atoms with E-state index in [1.807, 2.05) is 0 Å². The second-order valence-corrected chi connectivity index (χ2v) is 1.60. The van der Waals surface area contributed by atoms with Gasteiger partial charge in [-0.2, -0.15) is 0 Å². The van der Waals surface area contributed by atoms with Gasteiger partial charge in [0.2, 0.25) is 0 Å². The zero-order chi connectivity index (χ0) is 7.98. The molecule has 0 saturated heterocycles. The molecule has 0 radical (unpaired) electrons. The molecule has 0 aromatic heterocycles. The Hall–Kier alpha value is -1.25. The maximum absolute atomic E-state index is 10.3. The van der Waals surface area contributed by atoms with E-state index in [0.717, 1.165) is 12.3 Å². The number of allylic oxidation sites excluding steroid dienone is 1. The standard InChI is InChI=1S/C7H10O3/c1-3-6(8)5-10-7(9)4-2/h4-5,8H,2-3H2,1H3. The summed E-state index contributed by atoms with van der Waals surface area (Å²) >= 11 is 0. The summed E-state index contributed by atoms with van der Waals surface area (Å²) in [5, 5.41) is 8.75. The molecule has 3 heteroatoms. The molecule has 0 unspecified atom stereocenters. The third-order valence-corrected chi connectivity index (χ3v) is 0.840. The van der Waals surface area contributed by atoms with Gasteiger partial charge < -0.3 is 9.84 Å². The summed E-state index contributed by atoms with van der Waals surface area (Å²) in [7, 11) is 0. The van der Waals surface area contributed by atoms with E-state index in [2.05, 4.69) is 11.3 Å². The Labute approximate surface area is 59.6 Å². The van der Waals surface area contributed by atoms with Crippen LogP contribution in [0.2, 0.25) is 0 Å². The van der Waals surface area contributed by atoms with Crippen molar-refractivity contribution >= 4 is 5.97 Å². The number of carbonyl (C=O) groups excluding carboxylic acids is 1. The quantitative estimate of drug-likeness (QED) is 0.369. The number of ether oxygens (including phenoxy) is 1. The molecule has 0 amide bonds. The fraction of sp³-hybridized carbons (Fsp3) is 0.286. The van der Waals surface area contributed by atoms with Gasteiger partial charge >= 0.3 is 5.97 Å². The average molecular weight is 142 g/mol. The molecule has 0 fully saturated rings. The van der Waals surface area contributed by atoms with Crippen molar-refractivity contribution < 1.29 is 14.6 Å². The predicted octanol–water partition coefficient (Wildman–Crippen LogP) is 1.52. The van der Waals surface area contributed by atoms with E-state index in [1.54, 1.807) is 6.92 Å².